The summed E-state index contributed by atoms with van der Waals surface area (Å²) in [6, 6.07) is 5.62. The second-order valence-corrected chi connectivity index (χ2v) is 3.40. The van der Waals surface area contributed by atoms with Gasteiger partial charge in [-0.15, -0.1) is 0 Å². The summed E-state index contributed by atoms with van der Waals surface area (Å²) in [4.78, 5) is 0. The molecule has 1 aromatic rings. The van der Waals surface area contributed by atoms with E-state index in [0.717, 1.165) is 15.1 Å². The van der Waals surface area contributed by atoms with Gasteiger partial charge >= 0.3 is 0 Å². The zero-order valence-corrected chi connectivity index (χ0v) is 9.37. The van der Waals surface area contributed by atoms with Gasteiger partial charge in [0.25, 0.3) is 0 Å². The molecular weight excluding hydrogens is 279 g/mol. The first-order valence-electron chi connectivity index (χ1n) is 3.62. The highest BCUT2D eigenvalue weighted by Crippen LogP contribution is 2.25. The van der Waals surface area contributed by atoms with Crippen LogP contribution in [0.15, 0.2) is 36.8 Å². The van der Waals surface area contributed by atoms with Crippen LogP contribution in [-0.4, -0.2) is 7.11 Å². The van der Waals surface area contributed by atoms with Gasteiger partial charge in [-0.3, -0.25) is 0 Å². The first-order chi connectivity index (χ1) is 6.27. The number of ether oxygens (including phenoxy) is 2. The van der Waals surface area contributed by atoms with Gasteiger partial charge < -0.3 is 9.47 Å². The summed E-state index contributed by atoms with van der Waals surface area (Å²) >= 11 is 2.18. The van der Waals surface area contributed by atoms with E-state index >= 15 is 0 Å². The van der Waals surface area contributed by atoms with Crippen LogP contribution in [0.5, 0.6) is 11.5 Å². The van der Waals surface area contributed by atoms with Crippen molar-refractivity contribution in [2.45, 2.75) is 0 Å². The number of benzene rings is 1. The van der Waals surface area contributed by atoms with Crippen LogP contribution in [-0.2, 0) is 0 Å². The van der Waals surface area contributed by atoms with Crippen molar-refractivity contribution in [3.05, 3.63) is 40.3 Å². The SMILES string of the molecule is C=C=COc1cc(OC)ccc1I. The van der Waals surface area contributed by atoms with Gasteiger partial charge in [0.05, 0.1) is 10.7 Å². The lowest BCUT2D eigenvalue weighted by Crippen LogP contribution is -1.88. The van der Waals surface area contributed by atoms with Gasteiger partial charge in [0.15, 0.2) is 0 Å². The average molecular weight is 288 g/mol. The fraction of sp³-hybridized carbons (Fsp3) is 0.100. The average Bonchev–Trinajstić information content (AvgIpc) is 2.17. The highest BCUT2D eigenvalue weighted by Gasteiger charge is 2.01. The predicted molar refractivity (Wildman–Crippen MR) is 60.0 cm³/mol. The molecule has 0 atom stereocenters. The van der Waals surface area contributed by atoms with Gasteiger partial charge in [-0.1, -0.05) is 12.3 Å². The molecule has 0 unspecified atom stereocenters. The molecule has 13 heavy (non-hydrogen) atoms. The summed E-state index contributed by atoms with van der Waals surface area (Å²) < 4.78 is 11.3. The molecule has 0 aromatic heterocycles. The third-order valence-electron chi connectivity index (χ3n) is 1.41. The quantitative estimate of drug-likeness (QED) is 0.483. The van der Waals surface area contributed by atoms with Crippen molar-refractivity contribution >= 4 is 22.6 Å². The molecule has 0 aliphatic carbocycles. The third kappa shape index (κ3) is 2.79. The van der Waals surface area contributed by atoms with E-state index in [1.807, 2.05) is 18.2 Å². The molecule has 0 radical (unpaired) electrons. The number of methoxy groups -OCH3 is 1. The number of halogens is 1. The normalized spacial score (nSPS) is 8.77. The number of hydrogen-bond acceptors (Lipinski definition) is 2. The lowest BCUT2D eigenvalue weighted by atomic mass is 10.3. The van der Waals surface area contributed by atoms with Crippen molar-refractivity contribution < 1.29 is 9.47 Å². The van der Waals surface area contributed by atoms with Crippen LogP contribution in [0.4, 0.5) is 0 Å². The minimum atomic E-state index is 0.746. The predicted octanol–water partition coefficient (Wildman–Crippen LogP) is 2.98. The Morgan fingerprint density at radius 3 is 2.92 bits per heavy atom. The second kappa shape index (κ2) is 4.94. The first kappa shape index (κ1) is 10.2. The van der Waals surface area contributed by atoms with Crippen molar-refractivity contribution in [3.63, 3.8) is 0 Å². The Bertz CT molecular complexity index is 341. The van der Waals surface area contributed by atoms with Gasteiger partial charge in [0.1, 0.15) is 17.8 Å². The molecule has 3 heteroatoms. The molecule has 0 amide bonds. The minimum absolute atomic E-state index is 0.746. The van der Waals surface area contributed by atoms with E-state index in [1.165, 1.54) is 6.26 Å². The van der Waals surface area contributed by atoms with Crippen LogP contribution in [0.3, 0.4) is 0 Å². The fourth-order valence-corrected chi connectivity index (χ4v) is 1.27. The van der Waals surface area contributed by atoms with Crippen LogP contribution in [0, 0.1) is 3.57 Å². The summed E-state index contributed by atoms with van der Waals surface area (Å²) in [6.07, 6.45) is 1.41. The third-order valence-corrected chi connectivity index (χ3v) is 2.30. The smallest absolute Gasteiger partial charge is 0.144 e. The molecule has 0 aliphatic rings. The zero-order chi connectivity index (χ0) is 9.68. The van der Waals surface area contributed by atoms with E-state index < -0.39 is 0 Å². The Morgan fingerprint density at radius 2 is 2.31 bits per heavy atom. The molecule has 0 N–H and O–H groups in total. The molecule has 68 valence electrons. The lowest BCUT2D eigenvalue weighted by molar-refractivity contribution is 0.408. The summed E-state index contributed by atoms with van der Waals surface area (Å²) in [5, 5.41) is 0. The van der Waals surface area contributed by atoms with Crippen molar-refractivity contribution in [2.75, 3.05) is 7.11 Å². The van der Waals surface area contributed by atoms with Gasteiger partial charge in [-0.2, -0.15) is 0 Å². The minimum Gasteiger partial charge on any atom is -0.497 e. The van der Waals surface area contributed by atoms with Gasteiger partial charge in [0, 0.05) is 6.07 Å². The molecule has 0 saturated heterocycles. The van der Waals surface area contributed by atoms with Crippen LogP contribution in [0.2, 0.25) is 0 Å². The zero-order valence-electron chi connectivity index (χ0n) is 7.21. The standard InChI is InChI=1S/C10H9IO2/c1-3-6-13-10-7-8(12-2)4-5-9(10)11/h4-7H,1H2,2H3. The van der Waals surface area contributed by atoms with E-state index in [2.05, 4.69) is 34.9 Å². The highest BCUT2D eigenvalue weighted by molar-refractivity contribution is 14.1. The molecule has 0 spiro atoms. The lowest BCUT2D eigenvalue weighted by Gasteiger charge is -2.04. The fourth-order valence-electron chi connectivity index (χ4n) is 0.806. The molecule has 0 bridgehead atoms. The Labute approximate surface area is 91.0 Å². The van der Waals surface area contributed by atoms with Crippen LogP contribution < -0.4 is 9.47 Å². The molecule has 2 nitrogen and oxygen atoms in total. The van der Waals surface area contributed by atoms with Crippen LogP contribution in [0.1, 0.15) is 0 Å². The van der Waals surface area contributed by atoms with Crippen molar-refractivity contribution in [3.8, 4) is 11.5 Å². The molecule has 0 fully saturated rings. The Balaban J connectivity index is 2.96. The molecule has 0 heterocycles. The number of hydrogen-bond donors (Lipinski definition) is 0. The summed E-state index contributed by atoms with van der Waals surface area (Å²) in [6.45, 7) is 3.41. The van der Waals surface area contributed by atoms with E-state index in [1.54, 1.807) is 7.11 Å². The maximum absolute atomic E-state index is 5.24. The van der Waals surface area contributed by atoms with Gasteiger partial charge in [-0.25, -0.2) is 0 Å². The van der Waals surface area contributed by atoms with E-state index in [4.69, 9.17) is 9.47 Å². The van der Waals surface area contributed by atoms with Crippen molar-refractivity contribution in [2.24, 2.45) is 0 Å². The van der Waals surface area contributed by atoms with E-state index in [0.29, 0.717) is 0 Å². The first-order valence-corrected chi connectivity index (χ1v) is 4.70. The topological polar surface area (TPSA) is 18.5 Å². The largest absolute Gasteiger partial charge is 0.497 e. The van der Waals surface area contributed by atoms with Crippen LogP contribution in [0.25, 0.3) is 0 Å². The summed E-state index contributed by atoms with van der Waals surface area (Å²) in [7, 11) is 1.62. The summed E-state index contributed by atoms with van der Waals surface area (Å²) in [5.41, 5.74) is 2.54. The Hall–Kier alpha value is -0.930. The monoisotopic (exact) mass is 288 g/mol. The van der Waals surface area contributed by atoms with Crippen molar-refractivity contribution in [1.82, 2.24) is 0 Å². The van der Waals surface area contributed by atoms with Gasteiger partial charge in [-0.05, 0) is 34.7 Å². The molecule has 0 aliphatic heterocycles. The van der Waals surface area contributed by atoms with Crippen LogP contribution >= 0.6 is 22.6 Å². The van der Waals surface area contributed by atoms with E-state index in [-0.39, 0.29) is 0 Å². The maximum atomic E-state index is 5.24. The molecule has 1 aromatic carbocycles. The van der Waals surface area contributed by atoms with Gasteiger partial charge in [0.2, 0.25) is 0 Å². The maximum Gasteiger partial charge on any atom is 0.144 e. The molecule has 1 rings (SSSR count). The van der Waals surface area contributed by atoms with E-state index in [9.17, 15) is 0 Å². The highest BCUT2D eigenvalue weighted by atomic mass is 127. The Morgan fingerprint density at radius 1 is 1.54 bits per heavy atom. The Kier molecular flexibility index (Phi) is 3.86. The molecule has 0 saturated carbocycles. The molecular formula is C10H9IO2. The van der Waals surface area contributed by atoms with Crippen molar-refractivity contribution in [1.29, 1.82) is 0 Å². The second-order valence-electron chi connectivity index (χ2n) is 2.24. The number of rotatable bonds is 3. The summed E-state index contributed by atoms with van der Waals surface area (Å²) in [5.74, 6) is 1.52.